The van der Waals surface area contributed by atoms with Crippen LogP contribution in [0.15, 0.2) is 18.2 Å². The molecule has 0 saturated carbocycles. The van der Waals surface area contributed by atoms with E-state index in [1.54, 1.807) is 6.07 Å². The first kappa shape index (κ1) is 20.9. The minimum absolute atomic E-state index is 0.123. The molecule has 0 aliphatic rings. The van der Waals surface area contributed by atoms with E-state index in [-0.39, 0.29) is 11.5 Å². The molecule has 0 amide bonds. The summed E-state index contributed by atoms with van der Waals surface area (Å²) in [6.07, 6.45) is 9.75. The van der Waals surface area contributed by atoms with Crippen LogP contribution in [-0.4, -0.2) is 21.4 Å². The lowest BCUT2D eigenvalue weighted by Crippen LogP contribution is -2.01. The highest BCUT2D eigenvalue weighted by molar-refractivity contribution is 5.46. The fraction of sp³-hybridized carbons (Fsp3) is 0.545. The summed E-state index contributed by atoms with van der Waals surface area (Å²) in [7, 11) is 0. The van der Waals surface area contributed by atoms with Gasteiger partial charge in [0.1, 0.15) is 6.10 Å². The number of phenolic OH excluding ortho intramolecular Hbond substituents is 2. The van der Waals surface area contributed by atoms with Gasteiger partial charge in [0, 0.05) is 18.4 Å². The number of hydrogen-bond acceptors (Lipinski definition) is 3. The third-order valence-electron chi connectivity index (χ3n) is 3.91. The number of aromatic hydroxyl groups is 2. The lowest BCUT2D eigenvalue weighted by molar-refractivity contribution is 0.217. The highest BCUT2D eigenvalue weighted by atomic mass is 16.3. The number of phenols is 2. The maximum Gasteiger partial charge on any atom is 0.158 e. The van der Waals surface area contributed by atoms with Gasteiger partial charge in [-0.2, -0.15) is 0 Å². The molecule has 25 heavy (non-hydrogen) atoms. The fourth-order valence-electron chi connectivity index (χ4n) is 2.40. The quantitative estimate of drug-likeness (QED) is 0.345. The Bertz CT molecular complexity index is 614. The Morgan fingerprint density at radius 1 is 0.880 bits per heavy atom. The summed E-state index contributed by atoms with van der Waals surface area (Å²) in [4.78, 5) is 0. The van der Waals surface area contributed by atoms with Crippen LogP contribution in [0.2, 0.25) is 0 Å². The maximum atomic E-state index is 9.68. The SMILES string of the molecule is CCCCCC(O)C#CCCCCCCC#Cc1ccc(O)c(O)c1. The Morgan fingerprint density at radius 2 is 1.60 bits per heavy atom. The predicted octanol–water partition coefficient (Wildman–Crippen LogP) is 4.73. The van der Waals surface area contributed by atoms with Gasteiger partial charge in [0.15, 0.2) is 11.5 Å². The Morgan fingerprint density at radius 3 is 2.28 bits per heavy atom. The first-order valence-corrected chi connectivity index (χ1v) is 9.30. The monoisotopic (exact) mass is 342 g/mol. The fourth-order valence-corrected chi connectivity index (χ4v) is 2.40. The van der Waals surface area contributed by atoms with Gasteiger partial charge in [-0.25, -0.2) is 0 Å². The molecule has 3 nitrogen and oxygen atoms in total. The van der Waals surface area contributed by atoms with Gasteiger partial charge < -0.3 is 15.3 Å². The minimum atomic E-state index is -0.457. The second-order valence-electron chi connectivity index (χ2n) is 6.25. The van der Waals surface area contributed by atoms with E-state index in [1.807, 2.05) is 0 Å². The lowest BCUT2D eigenvalue weighted by Gasteiger charge is -2.01. The largest absolute Gasteiger partial charge is 0.504 e. The van der Waals surface area contributed by atoms with Crippen LogP contribution in [0.25, 0.3) is 0 Å². The van der Waals surface area contributed by atoms with Crippen LogP contribution >= 0.6 is 0 Å². The van der Waals surface area contributed by atoms with Gasteiger partial charge in [0.2, 0.25) is 0 Å². The van der Waals surface area contributed by atoms with Crippen molar-refractivity contribution < 1.29 is 15.3 Å². The zero-order valence-electron chi connectivity index (χ0n) is 15.2. The van der Waals surface area contributed by atoms with Crippen LogP contribution in [0, 0.1) is 23.7 Å². The smallest absolute Gasteiger partial charge is 0.158 e. The van der Waals surface area contributed by atoms with Crippen molar-refractivity contribution in [2.45, 2.75) is 77.2 Å². The molecule has 0 aliphatic heterocycles. The van der Waals surface area contributed by atoms with E-state index < -0.39 is 6.10 Å². The van der Waals surface area contributed by atoms with E-state index in [2.05, 4.69) is 30.6 Å². The summed E-state index contributed by atoms with van der Waals surface area (Å²) >= 11 is 0. The van der Waals surface area contributed by atoms with Crippen LogP contribution in [0.4, 0.5) is 0 Å². The molecular weight excluding hydrogens is 312 g/mol. The number of aliphatic hydroxyl groups is 1. The van der Waals surface area contributed by atoms with E-state index in [0.29, 0.717) is 5.56 Å². The average molecular weight is 342 g/mol. The molecule has 0 heterocycles. The lowest BCUT2D eigenvalue weighted by atomic mass is 10.1. The molecule has 1 rings (SSSR count). The second-order valence-corrected chi connectivity index (χ2v) is 6.25. The number of hydrogen-bond donors (Lipinski definition) is 3. The summed E-state index contributed by atoms with van der Waals surface area (Å²) < 4.78 is 0. The van der Waals surface area contributed by atoms with Crippen molar-refractivity contribution in [3.63, 3.8) is 0 Å². The van der Waals surface area contributed by atoms with Gasteiger partial charge in [-0.1, -0.05) is 50.4 Å². The first-order valence-electron chi connectivity index (χ1n) is 9.30. The van der Waals surface area contributed by atoms with Gasteiger partial charge in [-0.05, 0) is 43.9 Å². The van der Waals surface area contributed by atoms with Crippen molar-refractivity contribution >= 4 is 0 Å². The molecular formula is C22H30O3. The van der Waals surface area contributed by atoms with E-state index >= 15 is 0 Å². The zero-order valence-corrected chi connectivity index (χ0v) is 15.2. The van der Waals surface area contributed by atoms with Gasteiger partial charge >= 0.3 is 0 Å². The highest BCUT2D eigenvalue weighted by Crippen LogP contribution is 2.24. The van der Waals surface area contributed by atoms with Crippen molar-refractivity contribution in [3.8, 4) is 35.2 Å². The standard InChI is InChI=1S/C22H30O3/c1-2-3-10-14-20(23)15-12-9-7-5-4-6-8-11-13-19-16-17-21(24)22(25)18-19/h16-18,20,23-25H,2-10,14H2,1H3. The summed E-state index contributed by atoms with van der Waals surface area (Å²) in [6, 6.07) is 4.61. The maximum absolute atomic E-state index is 9.68. The zero-order chi connectivity index (χ0) is 18.3. The Balaban J connectivity index is 2.06. The molecule has 0 fully saturated rings. The van der Waals surface area contributed by atoms with Crippen molar-refractivity contribution in [3.05, 3.63) is 23.8 Å². The Kier molecular flexibility index (Phi) is 11.1. The van der Waals surface area contributed by atoms with Crippen LogP contribution in [0.1, 0.15) is 76.7 Å². The molecule has 1 atom stereocenters. The van der Waals surface area contributed by atoms with Crippen molar-refractivity contribution in [2.75, 3.05) is 0 Å². The number of benzene rings is 1. The van der Waals surface area contributed by atoms with Crippen molar-refractivity contribution in [1.29, 1.82) is 0 Å². The summed E-state index contributed by atoms with van der Waals surface area (Å²) in [6.45, 7) is 2.15. The van der Waals surface area contributed by atoms with Crippen LogP contribution in [-0.2, 0) is 0 Å². The Labute approximate surface area is 152 Å². The molecule has 0 aliphatic carbocycles. The molecule has 1 aromatic rings. The number of unbranched alkanes of at least 4 members (excludes halogenated alkanes) is 7. The number of rotatable bonds is 9. The predicted molar refractivity (Wildman–Crippen MR) is 102 cm³/mol. The third-order valence-corrected chi connectivity index (χ3v) is 3.91. The molecule has 0 aromatic heterocycles. The Hall–Kier alpha value is -2.10. The van der Waals surface area contributed by atoms with Crippen LogP contribution in [0.3, 0.4) is 0 Å². The molecule has 1 aromatic carbocycles. The second kappa shape index (κ2) is 13.2. The van der Waals surface area contributed by atoms with E-state index in [9.17, 15) is 15.3 Å². The molecule has 1 unspecified atom stereocenters. The van der Waals surface area contributed by atoms with Gasteiger partial charge in [-0.15, -0.1) is 5.92 Å². The van der Waals surface area contributed by atoms with Crippen LogP contribution < -0.4 is 0 Å². The molecule has 3 N–H and O–H groups in total. The average Bonchev–Trinajstić information content (AvgIpc) is 2.60. The van der Waals surface area contributed by atoms with Gasteiger partial charge in [0.25, 0.3) is 0 Å². The van der Waals surface area contributed by atoms with E-state index in [1.165, 1.54) is 18.6 Å². The molecule has 0 bridgehead atoms. The molecule has 0 spiro atoms. The van der Waals surface area contributed by atoms with E-state index in [0.717, 1.165) is 57.8 Å². The summed E-state index contributed by atoms with van der Waals surface area (Å²) in [5.74, 6) is 11.8. The van der Waals surface area contributed by atoms with E-state index in [4.69, 9.17) is 0 Å². The van der Waals surface area contributed by atoms with Gasteiger partial charge in [0.05, 0.1) is 0 Å². The molecule has 136 valence electrons. The molecule has 0 saturated heterocycles. The molecule has 0 radical (unpaired) electrons. The minimum Gasteiger partial charge on any atom is -0.504 e. The normalized spacial score (nSPS) is 11.1. The summed E-state index contributed by atoms with van der Waals surface area (Å²) in [5.41, 5.74) is 0.711. The van der Waals surface area contributed by atoms with Crippen molar-refractivity contribution in [1.82, 2.24) is 0 Å². The summed E-state index contributed by atoms with van der Waals surface area (Å²) in [5, 5.41) is 28.3. The van der Waals surface area contributed by atoms with Crippen LogP contribution in [0.5, 0.6) is 11.5 Å². The van der Waals surface area contributed by atoms with Gasteiger partial charge in [-0.3, -0.25) is 0 Å². The third kappa shape index (κ3) is 10.4. The topological polar surface area (TPSA) is 60.7 Å². The number of aliphatic hydroxyl groups excluding tert-OH is 1. The first-order chi connectivity index (χ1) is 12.1. The molecule has 3 heteroatoms. The highest BCUT2D eigenvalue weighted by Gasteiger charge is 1.98. The van der Waals surface area contributed by atoms with Crippen molar-refractivity contribution in [2.24, 2.45) is 0 Å².